The Morgan fingerprint density at radius 1 is 1.43 bits per heavy atom. The second-order valence-electron chi connectivity index (χ2n) is 4.16. The van der Waals surface area contributed by atoms with Crippen LogP contribution in [0.2, 0.25) is 0 Å². The maximum absolute atomic E-state index is 11.0. The first-order valence-corrected chi connectivity index (χ1v) is 6.15. The molecule has 8 nitrogen and oxygen atoms in total. The van der Waals surface area contributed by atoms with Crippen LogP contribution in [0.25, 0.3) is 10.9 Å². The minimum Gasteiger partial charge on any atom is -0.480 e. The van der Waals surface area contributed by atoms with E-state index in [1.807, 2.05) is 0 Å². The molecule has 0 saturated heterocycles. The first kappa shape index (κ1) is 14.7. The van der Waals surface area contributed by atoms with Crippen LogP contribution in [0.4, 0.5) is 11.4 Å². The van der Waals surface area contributed by atoms with Crippen LogP contribution in [0, 0.1) is 10.1 Å². The molecule has 0 unspecified atom stereocenters. The van der Waals surface area contributed by atoms with Gasteiger partial charge in [0.15, 0.2) is 0 Å². The monoisotopic (exact) mass is 291 g/mol. The number of hydrogen-bond donors (Lipinski definition) is 2. The van der Waals surface area contributed by atoms with E-state index < -0.39 is 10.9 Å². The van der Waals surface area contributed by atoms with Gasteiger partial charge in [0, 0.05) is 29.9 Å². The Kier molecular flexibility index (Phi) is 4.62. The lowest BCUT2D eigenvalue weighted by molar-refractivity contribution is -0.383. The zero-order valence-electron chi connectivity index (χ0n) is 11.0. The molecule has 0 aliphatic rings. The van der Waals surface area contributed by atoms with Gasteiger partial charge in [-0.2, -0.15) is 0 Å². The molecule has 21 heavy (non-hydrogen) atoms. The number of non-ortho nitro benzene ring substituents is 1. The van der Waals surface area contributed by atoms with Gasteiger partial charge in [-0.3, -0.25) is 10.1 Å². The number of carboxylic acids is 1. The number of rotatable bonds is 7. The largest absolute Gasteiger partial charge is 0.480 e. The Labute approximate surface area is 119 Å². The molecule has 0 spiro atoms. The van der Waals surface area contributed by atoms with Crippen LogP contribution in [0.1, 0.15) is 0 Å². The van der Waals surface area contributed by atoms with Gasteiger partial charge in [0.25, 0.3) is 5.69 Å². The smallest absolute Gasteiger partial charge is 0.329 e. The number of anilines is 1. The molecule has 110 valence electrons. The van der Waals surface area contributed by atoms with E-state index in [1.54, 1.807) is 18.2 Å². The number of aromatic nitrogens is 1. The average molecular weight is 291 g/mol. The molecule has 1 aromatic heterocycles. The summed E-state index contributed by atoms with van der Waals surface area (Å²) in [5.74, 6) is -1.03. The number of nitrogens with one attached hydrogen (secondary N) is 1. The van der Waals surface area contributed by atoms with Gasteiger partial charge in [-0.15, -0.1) is 0 Å². The number of hydrogen-bond acceptors (Lipinski definition) is 6. The number of benzene rings is 1. The molecular formula is C13H13N3O5. The zero-order chi connectivity index (χ0) is 15.2. The number of para-hydroxylation sites is 1. The molecule has 0 fully saturated rings. The van der Waals surface area contributed by atoms with Crippen LogP contribution in [0.15, 0.2) is 30.5 Å². The first-order valence-electron chi connectivity index (χ1n) is 6.15. The Bertz CT molecular complexity index is 674. The summed E-state index contributed by atoms with van der Waals surface area (Å²) in [5, 5.41) is 23.1. The summed E-state index contributed by atoms with van der Waals surface area (Å²) in [4.78, 5) is 24.8. The number of fused-ring (bicyclic) bond motifs is 1. The highest BCUT2D eigenvalue weighted by Gasteiger charge is 2.14. The van der Waals surface area contributed by atoms with Gasteiger partial charge in [-0.1, -0.05) is 12.1 Å². The van der Waals surface area contributed by atoms with Crippen molar-refractivity contribution in [2.75, 3.05) is 25.1 Å². The van der Waals surface area contributed by atoms with Crippen molar-refractivity contribution >= 4 is 28.2 Å². The molecule has 0 saturated carbocycles. The molecule has 0 aliphatic carbocycles. The quantitative estimate of drug-likeness (QED) is 0.453. The molecule has 2 aromatic rings. The summed E-state index contributed by atoms with van der Waals surface area (Å²) in [6.07, 6.45) is 1.48. The summed E-state index contributed by atoms with van der Waals surface area (Å²) in [6, 6.07) is 6.42. The van der Waals surface area contributed by atoms with Crippen LogP contribution in [-0.2, 0) is 9.53 Å². The van der Waals surface area contributed by atoms with Crippen molar-refractivity contribution in [3.63, 3.8) is 0 Å². The molecule has 8 heteroatoms. The van der Waals surface area contributed by atoms with Crippen LogP contribution in [0.5, 0.6) is 0 Å². The van der Waals surface area contributed by atoms with Gasteiger partial charge in [0.1, 0.15) is 12.1 Å². The van der Waals surface area contributed by atoms with Crippen molar-refractivity contribution in [3.8, 4) is 0 Å². The third-order valence-corrected chi connectivity index (χ3v) is 2.73. The van der Waals surface area contributed by atoms with E-state index >= 15 is 0 Å². The van der Waals surface area contributed by atoms with Crippen molar-refractivity contribution in [2.24, 2.45) is 0 Å². The zero-order valence-corrected chi connectivity index (χ0v) is 11.0. The second-order valence-corrected chi connectivity index (χ2v) is 4.16. The van der Waals surface area contributed by atoms with Crippen molar-refractivity contribution in [1.82, 2.24) is 4.98 Å². The highest BCUT2D eigenvalue weighted by atomic mass is 16.6. The van der Waals surface area contributed by atoms with E-state index in [0.29, 0.717) is 23.1 Å². The van der Waals surface area contributed by atoms with E-state index in [4.69, 9.17) is 9.84 Å². The standard InChI is InChI=1S/C13H13N3O5/c17-12(18)8-21-7-6-14-10-4-5-15-13-9(10)2-1-3-11(13)16(19)20/h1-5H,6-8H2,(H,14,15)(H,17,18). The number of ether oxygens (including phenoxy) is 1. The van der Waals surface area contributed by atoms with E-state index in [9.17, 15) is 14.9 Å². The number of aliphatic carboxylic acids is 1. The van der Waals surface area contributed by atoms with Crippen molar-refractivity contribution in [2.45, 2.75) is 0 Å². The molecule has 2 rings (SSSR count). The fraction of sp³-hybridized carbons (Fsp3) is 0.231. The van der Waals surface area contributed by atoms with Gasteiger partial charge in [0.2, 0.25) is 0 Å². The third kappa shape index (κ3) is 3.63. The maximum atomic E-state index is 11.0. The third-order valence-electron chi connectivity index (χ3n) is 2.73. The Morgan fingerprint density at radius 3 is 2.95 bits per heavy atom. The number of nitrogens with zero attached hydrogens (tertiary/aromatic N) is 2. The molecule has 2 N–H and O–H groups in total. The van der Waals surface area contributed by atoms with E-state index in [2.05, 4.69) is 10.3 Å². The topological polar surface area (TPSA) is 115 Å². The van der Waals surface area contributed by atoms with Crippen molar-refractivity contribution < 1.29 is 19.6 Å². The van der Waals surface area contributed by atoms with Crippen molar-refractivity contribution in [3.05, 3.63) is 40.6 Å². The normalized spacial score (nSPS) is 10.5. The van der Waals surface area contributed by atoms with Crippen LogP contribution >= 0.6 is 0 Å². The minimum atomic E-state index is -1.03. The van der Waals surface area contributed by atoms with E-state index in [0.717, 1.165) is 0 Å². The molecule has 0 amide bonds. The second kappa shape index (κ2) is 6.62. The van der Waals surface area contributed by atoms with Gasteiger partial charge in [-0.05, 0) is 6.07 Å². The summed E-state index contributed by atoms with van der Waals surface area (Å²) in [5.41, 5.74) is 0.930. The number of carbonyl (C=O) groups is 1. The summed E-state index contributed by atoms with van der Waals surface area (Å²) >= 11 is 0. The molecule has 1 heterocycles. The van der Waals surface area contributed by atoms with E-state index in [-0.39, 0.29) is 18.9 Å². The maximum Gasteiger partial charge on any atom is 0.329 e. The number of nitro benzene ring substituents is 1. The highest BCUT2D eigenvalue weighted by molar-refractivity contribution is 5.96. The average Bonchev–Trinajstić information content (AvgIpc) is 2.46. The molecule has 0 aliphatic heterocycles. The van der Waals surface area contributed by atoms with E-state index in [1.165, 1.54) is 12.3 Å². The summed E-state index contributed by atoms with van der Waals surface area (Å²) in [7, 11) is 0. The number of pyridine rings is 1. The number of nitro groups is 1. The Morgan fingerprint density at radius 2 is 2.24 bits per heavy atom. The molecule has 0 atom stereocenters. The summed E-state index contributed by atoms with van der Waals surface area (Å²) < 4.78 is 4.90. The van der Waals surface area contributed by atoms with Crippen LogP contribution in [-0.4, -0.2) is 40.7 Å². The minimum absolute atomic E-state index is 0.0572. The van der Waals surface area contributed by atoms with Gasteiger partial charge in [0.05, 0.1) is 11.5 Å². The van der Waals surface area contributed by atoms with Gasteiger partial charge in [-0.25, -0.2) is 9.78 Å². The lowest BCUT2D eigenvalue weighted by Gasteiger charge is -2.09. The van der Waals surface area contributed by atoms with Crippen LogP contribution < -0.4 is 5.32 Å². The molecule has 0 bridgehead atoms. The lowest BCUT2D eigenvalue weighted by Crippen LogP contribution is -2.14. The number of carboxylic acid groups (broad SMARTS) is 1. The Balaban J connectivity index is 2.12. The van der Waals surface area contributed by atoms with Gasteiger partial charge >= 0.3 is 5.97 Å². The fourth-order valence-corrected chi connectivity index (χ4v) is 1.88. The first-order chi connectivity index (χ1) is 10.1. The van der Waals surface area contributed by atoms with Crippen LogP contribution in [0.3, 0.4) is 0 Å². The molecule has 1 aromatic carbocycles. The lowest BCUT2D eigenvalue weighted by atomic mass is 10.1. The van der Waals surface area contributed by atoms with Crippen molar-refractivity contribution in [1.29, 1.82) is 0 Å². The fourth-order valence-electron chi connectivity index (χ4n) is 1.88. The predicted molar refractivity (Wildman–Crippen MR) is 75.3 cm³/mol. The van der Waals surface area contributed by atoms with Gasteiger partial charge < -0.3 is 15.2 Å². The predicted octanol–water partition coefficient (Wildman–Crippen LogP) is 1.66. The summed E-state index contributed by atoms with van der Waals surface area (Å²) in [6.45, 7) is 0.240. The molecular weight excluding hydrogens is 278 g/mol. The SMILES string of the molecule is O=C(O)COCCNc1ccnc2c([N+](=O)[O-])cccc12. The highest BCUT2D eigenvalue weighted by Crippen LogP contribution is 2.28. The Hall–Kier alpha value is -2.74. The molecule has 0 radical (unpaired) electrons.